The third-order valence-electron chi connectivity index (χ3n) is 7.46. The summed E-state index contributed by atoms with van der Waals surface area (Å²) in [7, 11) is 0. The lowest BCUT2D eigenvalue weighted by atomic mass is 9.91. The van der Waals surface area contributed by atoms with Gasteiger partial charge in [-0.2, -0.15) is 0 Å². The third kappa shape index (κ3) is 6.29. The summed E-state index contributed by atoms with van der Waals surface area (Å²) < 4.78 is 0. The fraction of sp³-hybridized carbons (Fsp3) is 0.333. The van der Waals surface area contributed by atoms with Gasteiger partial charge >= 0.3 is 0 Å². The Labute approximate surface area is 230 Å². The number of carbonyl (C=O) groups excluding carboxylic acids is 2. The minimum absolute atomic E-state index is 0. The first-order valence-electron chi connectivity index (χ1n) is 13.1. The number of halogens is 1. The van der Waals surface area contributed by atoms with Crippen LogP contribution < -0.4 is 15.5 Å². The number of para-hydroxylation sites is 1. The van der Waals surface area contributed by atoms with Crippen molar-refractivity contribution in [1.29, 1.82) is 0 Å². The average molecular weight is 535 g/mol. The molecule has 1 heterocycles. The fourth-order valence-electron chi connectivity index (χ4n) is 5.00. The summed E-state index contributed by atoms with van der Waals surface area (Å²) in [5.74, 6) is -0.794. The number of rotatable bonds is 6. The van der Waals surface area contributed by atoms with Gasteiger partial charge in [0.05, 0.1) is 5.69 Å². The summed E-state index contributed by atoms with van der Waals surface area (Å²) >= 11 is 0. The molecule has 5 rings (SSSR count). The van der Waals surface area contributed by atoms with Gasteiger partial charge in [-0.15, -0.1) is 12.4 Å². The number of anilines is 3. The van der Waals surface area contributed by atoms with Gasteiger partial charge in [0.2, 0.25) is 0 Å². The largest absolute Gasteiger partial charge is 0.506 e. The summed E-state index contributed by atoms with van der Waals surface area (Å²) in [4.78, 5) is 30.8. The van der Waals surface area contributed by atoms with E-state index in [0.717, 1.165) is 49.9 Å². The molecule has 200 valence electrons. The van der Waals surface area contributed by atoms with Crippen LogP contribution in [0.5, 0.6) is 5.75 Å². The van der Waals surface area contributed by atoms with E-state index in [-0.39, 0.29) is 35.7 Å². The van der Waals surface area contributed by atoms with E-state index in [0.29, 0.717) is 16.8 Å². The van der Waals surface area contributed by atoms with Crippen molar-refractivity contribution in [2.75, 3.05) is 41.7 Å². The van der Waals surface area contributed by atoms with Crippen LogP contribution in [0.25, 0.3) is 0 Å². The standard InChI is InChI=1S/C30H34N4O3.ClH/c1-21-9-11-22(12-10-21)29(36)31-26-7-3-8-27(35)28(26)32-30(37)23-13-15-25(16-14-23)34-18-4-17-33(19-20-34)24-5-2-6-24;/h3,7-16,24,35H,2,4-6,17-20H2,1H3,(H,31,36)(H,32,37);1H. The summed E-state index contributed by atoms with van der Waals surface area (Å²) in [6.45, 7) is 6.19. The van der Waals surface area contributed by atoms with Crippen LogP contribution in [0.2, 0.25) is 0 Å². The summed E-state index contributed by atoms with van der Waals surface area (Å²) in [5.41, 5.74) is 3.64. The van der Waals surface area contributed by atoms with Crippen molar-refractivity contribution in [1.82, 2.24) is 4.90 Å². The molecule has 1 aliphatic carbocycles. The van der Waals surface area contributed by atoms with Crippen LogP contribution >= 0.6 is 12.4 Å². The molecule has 3 aromatic rings. The molecule has 1 saturated heterocycles. The molecule has 3 aromatic carbocycles. The second-order valence-electron chi connectivity index (χ2n) is 9.98. The molecule has 2 aliphatic rings. The monoisotopic (exact) mass is 534 g/mol. The number of nitrogens with zero attached hydrogens (tertiary/aromatic N) is 2. The predicted molar refractivity (Wildman–Crippen MR) is 155 cm³/mol. The molecule has 0 unspecified atom stereocenters. The number of hydrogen-bond donors (Lipinski definition) is 3. The zero-order chi connectivity index (χ0) is 25.8. The van der Waals surface area contributed by atoms with Crippen LogP contribution in [0.4, 0.5) is 17.1 Å². The molecule has 0 atom stereocenters. The lowest BCUT2D eigenvalue weighted by Crippen LogP contribution is -2.42. The Morgan fingerprint density at radius 2 is 1.45 bits per heavy atom. The van der Waals surface area contributed by atoms with E-state index in [2.05, 4.69) is 20.4 Å². The van der Waals surface area contributed by atoms with Gasteiger partial charge in [-0.1, -0.05) is 30.2 Å². The number of phenolic OH excluding ortho intramolecular Hbond substituents is 1. The molecule has 1 saturated carbocycles. The SMILES string of the molecule is Cc1ccc(C(=O)Nc2cccc(O)c2NC(=O)c2ccc(N3CCCN(C4CCC4)CC3)cc2)cc1.Cl. The van der Waals surface area contributed by atoms with Crippen LogP contribution in [0.1, 0.15) is 52.0 Å². The van der Waals surface area contributed by atoms with E-state index < -0.39 is 0 Å². The smallest absolute Gasteiger partial charge is 0.255 e. The second-order valence-corrected chi connectivity index (χ2v) is 9.98. The van der Waals surface area contributed by atoms with Crippen LogP contribution in [0, 0.1) is 6.92 Å². The average Bonchev–Trinajstić information content (AvgIpc) is 3.11. The van der Waals surface area contributed by atoms with Gasteiger partial charge in [-0.25, -0.2) is 0 Å². The molecule has 0 bridgehead atoms. The first kappa shape index (κ1) is 27.5. The number of amides is 2. The first-order valence-corrected chi connectivity index (χ1v) is 13.1. The van der Waals surface area contributed by atoms with Gasteiger partial charge in [0.25, 0.3) is 11.8 Å². The van der Waals surface area contributed by atoms with E-state index in [1.54, 1.807) is 24.3 Å². The molecule has 7 nitrogen and oxygen atoms in total. The number of carbonyl (C=O) groups is 2. The molecule has 8 heteroatoms. The minimum Gasteiger partial charge on any atom is -0.506 e. The van der Waals surface area contributed by atoms with Gasteiger partial charge in [-0.05, 0) is 74.7 Å². The fourth-order valence-corrected chi connectivity index (χ4v) is 5.00. The van der Waals surface area contributed by atoms with Crippen molar-refractivity contribution in [2.24, 2.45) is 0 Å². The lowest BCUT2D eigenvalue weighted by molar-refractivity contribution is 0.101. The van der Waals surface area contributed by atoms with Crippen molar-refractivity contribution in [3.05, 3.63) is 83.4 Å². The Morgan fingerprint density at radius 3 is 2.11 bits per heavy atom. The van der Waals surface area contributed by atoms with E-state index >= 15 is 0 Å². The number of nitrogens with one attached hydrogen (secondary N) is 2. The Bertz CT molecular complexity index is 1260. The number of aryl methyl sites for hydroxylation is 1. The molecule has 38 heavy (non-hydrogen) atoms. The van der Waals surface area contributed by atoms with Gasteiger partial charge in [-0.3, -0.25) is 14.5 Å². The maximum Gasteiger partial charge on any atom is 0.255 e. The number of aromatic hydroxyl groups is 1. The number of phenols is 1. The van der Waals surface area contributed by atoms with E-state index in [1.807, 2.05) is 43.3 Å². The minimum atomic E-state index is -0.356. The van der Waals surface area contributed by atoms with E-state index in [4.69, 9.17) is 0 Å². The maximum atomic E-state index is 13.1. The van der Waals surface area contributed by atoms with Crippen molar-refractivity contribution < 1.29 is 14.7 Å². The Balaban J connectivity index is 0.00000336. The van der Waals surface area contributed by atoms with Gasteiger partial charge < -0.3 is 20.6 Å². The molecule has 2 amide bonds. The second kappa shape index (κ2) is 12.3. The third-order valence-corrected chi connectivity index (χ3v) is 7.46. The zero-order valence-electron chi connectivity index (χ0n) is 21.7. The first-order chi connectivity index (χ1) is 18.0. The Morgan fingerprint density at radius 1 is 0.789 bits per heavy atom. The summed E-state index contributed by atoms with van der Waals surface area (Å²) in [6, 6.07) is 20.3. The summed E-state index contributed by atoms with van der Waals surface area (Å²) in [6.07, 6.45) is 5.16. The molecule has 1 aliphatic heterocycles. The highest BCUT2D eigenvalue weighted by Crippen LogP contribution is 2.33. The normalized spacial score (nSPS) is 16.1. The zero-order valence-corrected chi connectivity index (χ0v) is 22.5. The topological polar surface area (TPSA) is 84.9 Å². The Hall–Kier alpha value is -3.55. The van der Waals surface area contributed by atoms with Crippen molar-refractivity contribution in [2.45, 2.75) is 38.6 Å². The van der Waals surface area contributed by atoms with E-state index in [1.165, 1.54) is 25.3 Å². The number of hydrogen-bond acceptors (Lipinski definition) is 5. The summed E-state index contributed by atoms with van der Waals surface area (Å²) in [5, 5.41) is 16.0. The molecule has 0 radical (unpaired) electrons. The molecular formula is C30H35ClN4O3. The van der Waals surface area contributed by atoms with E-state index in [9.17, 15) is 14.7 Å². The molecular weight excluding hydrogens is 500 g/mol. The molecule has 0 aromatic heterocycles. The maximum absolute atomic E-state index is 13.1. The van der Waals surface area contributed by atoms with Crippen LogP contribution in [0.3, 0.4) is 0 Å². The van der Waals surface area contributed by atoms with Crippen molar-refractivity contribution in [3.63, 3.8) is 0 Å². The Kier molecular flexibility index (Phi) is 8.92. The highest BCUT2D eigenvalue weighted by molar-refractivity contribution is 6.11. The number of benzene rings is 3. The van der Waals surface area contributed by atoms with Crippen molar-refractivity contribution in [3.8, 4) is 5.75 Å². The molecule has 0 spiro atoms. The van der Waals surface area contributed by atoms with Crippen LogP contribution in [-0.4, -0.2) is 54.0 Å². The lowest BCUT2D eigenvalue weighted by Gasteiger charge is -2.36. The highest BCUT2D eigenvalue weighted by atomic mass is 35.5. The van der Waals surface area contributed by atoms with Gasteiger partial charge in [0.1, 0.15) is 11.4 Å². The van der Waals surface area contributed by atoms with Crippen molar-refractivity contribution >= 4 is 41.3 Å². The van der Waals surface area contributed by atoms with Gasteiger partial charge in [0.15, 0.2) is 0 Å². The molecule has 3 N–H and O–H groups in total. The van der Waals surface area contributed by atoms with Crippen LogP contribution in [-0.2, 0) is 0 Å². The molecule has 2 fully saturated rings. The van der Waals surface area contributed by atoms with Gasteiger partial charge in [0, 0.05) is 49.0 Å². The highest BCUT2D eigenvalue weighted by Gasteiger charge is 2.26. The van der Waals surface area contributed by atoms with Crippen LogP contribution in [0.15, 0.2) is 66.7 Å². The predicted octanol–water partition coefficient (Wildman–Crippen LogP) is 5.69. The quantitative estimate of drug-likeness (QED) is 0.354.